The Morgan fingerprint density at radius 2 is 0.860 bits per heavy atom. The summed E-state index contributed by atoms with van der Waals surface area (Å²) in [4.78, 5) is 2.40. The second kappa shape index (κ2) is 11.5. The van der Waals surface area contributed by atoms with Crippen molar-refractivity contribution in [3.8, 4) is 22.3 Å². The topological polar surface area (TPSA) is 16.4 Å². The van der Waals surface area contributed by atoms with Gasteiger partial charge in [0.1, 0.15) is 11.2 Å². The molecule has 50 heavy (non-hydrogen) atoms. The van der Waals surface area contributed by atoms with Gasteiger partial charge in [-0.2, -0.15) is 0 Å². The monoisotopic (exact) mass is 637 g/mol. The smallest absolute Gasteiger partial charge is 0.137 e. The summed E-state index contributed by atoms with van der Waals surface area (Å²) in [5, 5.41) is 9.57. The first kappa shape index (κ1) is 28.4. The van der Waals surface area contributed by atoms with Gasteiger partial charge < -0.3 is 9.32 Å². The van der Waals surface area contributed by atoms with Crippen molar-refractivity contribution in [1.29, 1.82) is 0 Å². The molecule has 10 rings (SSSR count). The molecule has 0 amide bonds. The molecular formula is C48H31NO. The largest absolute Gasteiger partial charge is 0.456 e. The van der Waals surface area contributed by atoms with Crippen LogP contribution in [0.4, 0.5) is 17.1 Å². The molecule has 0 bridgehead atoms. The quantitative estimate of drug-likeness (QED) is 0.187. The fraction of sp³-hybridized carbons (Fsp3) is 0. The van der Waals surface area contributed by atoms with E-state index >= 15 is 0 Å². The number of para-hydroxylation sites is 1. The molecule has 0 aliphatic rings. The maximum Gasteiger partial charge on any atom is 0.137 e. The molecule has 1 aromatic heterocycles. The Labute approximate surface area is 290 Å². The molecule has 0 unspecified atom stereocenters. The van der Waals surface area contributed by atoms with Crippen molar-refractivity contribution in [2.75, 3.05) is 4.90 Å². The third-order valence-electron chi connectivity index (χ3n) is 9.99. The minimum atomic E-state index is 0.877. The molecule has 1 heterocycles. The third kappa shape index (κ3) is 4.73. The van der Waals surface area contributed by atoms with Crippen LogP contribution in [0.3, 0.4) is 0 Å². The van der Waals surface area contributed by atoms with E-state index in [2.05, 4.69) is 181 Å². The minimum Gasteiger partial charge on any atom is -0.456 e. The summed E-state index contributed by atoms with van der Waals surface area (Å²) in [5.74, 6) is 0. The van der Waals surface area contributed by atoms with Crippen LogP contribution >= 0.6 is 0 Å². The van der Waals surface area contributed by atoms with E-state index in [0.717, 1.165) is 44.6 Å². The summed E-state index contributed by atoms with van der Waals surface area (Å²) in [6.07, 6.45) is 0. The van der Waals surface area contributed by atoms with Gasteiger partial charge in [-0.1, -0.05) is 133 Å². The van der Waals surface area contributed by atoms with Gasteiger partial charge in [0, 0.05) is 16.5 Å². The van der Waals surface area contributed by atoms with Gasteiger partial charge in [-0.15, -0.1) is 0 Å². The predicted molar refractivity (Wildman–Crippen MR) is 212 cm³/mol. The molecule has 10 aromatic rings. The number of fused-ring (bicyclic) bond motifs is 6. The molecule has 0 saturated heterocycles. The summed E-state index contributed by atoms with van der Waals surface area (Å²) >= 11 is 0. The Morgan fingerprint density at radius 3 is 1.66 bits per heavy atom. The maximum absolute atomic E-state index is 6.37. The zero-order chi connectivity index (χ0) is 33.0. The molecule has 2 nitrogen and oxygen atoms in total. The van der Waals surface area contributed by atoms with Crippen LogP contribution in [-0.2, 0) is 0 Å². The van der Waals surface area contributed by atoms with E-state index in [-0.39, 0.29) is 0 Å². The Bertz CT molecular complexity index is 2890. The van der Waals surface area contributed by atoms with Gasteiger partial charge in [0.25, 0.3) is 0 Å². The van der Waals surface area contributed by atoms with Crippen LogP contribution in [0.15, 0.2) is 192 Å². The lowest BCUT2D eigenvalue weighted by molar-refractivity contribution is 0.669. The number of rotatable bonds is 5. The molecule has 0 aliphatic carbocycles. The van der Waals surface area contributed by atoms with Crippen molar-refractivity contribution < 1.29 is 4.42 Å². The lowest BCUT2D eigenvalue weighted by Gasteiger charge is -2.28. The van der Waals surface area contributed by atoms with Crippen LogP contribution in [0, 0.1) is 0 Å². The average Bonchev–Trinajstić information content (AvgIpc) is 3.57. The molecule has 2 heteroatoms. The number of hydrogen-bond donors (Lipinski definition) is 0. The summed E-state index contributed by atoms with van der Waals surface area (Å²) in [6, 6.07) is 67.7. The van der Waals surface area contributed by atoms with E-state index in [1.54, 1.807) is 0 Å². The number of furan rings is 1. The highest BCUT2D eigenvalue weighted by molar-refractivity contribution is 6.14. The first-order valence-corrected chi connectivity index (χ1v) is 17.1. The zero-order valence-corrected chi connectivity index (χ0v) is 27.3. The Balaban J connectivity index is 1.14. The van der Waals surface area contributed by atoms with E-state index in [1.165, 1.54) is 49.0 Å². The Hall–Kier alpha value is -6.64. The maximum atomic E-state index is 6.37. The SMILES string of the molecule is c1cc(-c2ccc3ccc(-c4ccc5ccccc5c4)cc3c2)cc(N(c2cccc3ccccc23)c2cccc3oc4ccccc4c23)c1. The van der Waals surface area contributed by atoms with E-state index in [9.17, 15) is 0 Å². The highest BCUT2D eigenvalue weighted by Crippen LogP contribution is 2.45. The van der Waals surface area contributed by atoms with Gasteiger partial charge in [0.15, 0.2) is 0 Å². The van der Waals surface area contributed by atoms with Crippen LogP contribution < -0.4 is 4.90 Å². The first-order chi connectivity index (χ1) is 24.8. The van der Waals surface area contributed by atoms with Gasteiger partial charge in [0.05, 0.1) is 16.8 Å². The number of nitrogens with zero attached hydrogens (tertiary/aromatic N) is 1. The molecule has 9 aromatic carbocycles. The molecule has 0 N–H and O–H groups in total. The van der Waals surface area contributed by atoms with E-state index in [1.807, 2.05) is 12.1 Å². The fourth-order valence-electron chi connectivity index (χ4n) is 7.55. The van der Waals surface area contributed by atoms with Crippen LogP contribution in [0.1, 0.15) is 0 Å². The molecule has 0 fully saturated rings. The van der Waals surface area contributed by atoms with Crippen molar-refractivity contribution in [2.45, 2.75) is 0 Å². The van der Waals surface area contributed by atoms with Gasteiger partial charge in [0.2, 0.25) is 0 Å². The predicted octanol–water partition coefficient (Wildman–Crippen LogP) is 13.8. The van der Waals surface area contributed by atoms with Crippen LogP contribution in [0.2, 0.25) is 0 Å². The summed E-state index contributed by atoms with van der Waals surface area (Å²) in [7, 11) is 0. The molecule has 234 valence electrons. The molecule has 0 aliphatic heterocycles. The lowest BCUT2D eigenvalue weighted by Crippen LogP contribution is -2.11. The summed E-state index contributed by atoms with van der Waals surface area (Å²) in [5.41, 5.74) is 9.84. The van der Waals surface area contributed by atoms with Crippen molar-refractivity contribution in [1.82, 2.24) is 0 Å². The second-order valence-electron chi connectivity index (χ2n) is 13.0. The molecular weight excluding hydrogens is 607 g/mol. The van der Waals surface area contributed by atoms with Gasteiger partial charge >= 0.3 is 0 Å². The fourth-order valence-corrected chi connectivity index (χ4v) is 7.55. The molecule has 0 radical (unpaired) electrons. The average molecular weight is 638 g/mol. The van der Waals surface area contributed by atoms with Crippen LogP contribution in [-0.4, -0.2) is 0 Å². The van der Waals surface area contributed by atoms with Crippen LogP contribution in [0.5, 0.6) is 0 Å². The number of benzene rings is 9. The first-order valence-electron chi connectivity index (χ1n) is 17.1. The number of hydrogen-bond acceptors (Lipinski definition) is 2. The third-order valence-corrected chi connectivity index (χ3v) is 9.99. The Kier molecular flexibility index (Phi) is 6.53. The van der Waals surface area contributed by atoms with Crippen molar-refractivity contribution in [3.63, 3.8) is 0 Å². The van der Waals surface area contributed by atoms with Gasteiger partial charge in [-0.3, -0.25) is 0 Å². The van der Waals surface area contributed by atoms with E-state index in [4.69, 9.17) is 4.42 Å². The highest BCUT2D eigenvalue weighted by atomic mass is 16.3. The summed E-state index contributed by atoms with van der Waals surface area (Å²) < 4.78 is 6.37. The van der Waals surface area contributed by atoms with Gasteiger partial charge in [-0.25, -0.2) is 0 Å². The second-order valence-corrected chi connectivity index (χ2v) is 13.0. The van der Waals surface area contributed by atoms with E-state index in [0.29, 0.717) is 0 Å². The number of anilines is 3. The highest BCUT2D eigenvalue weighted by Gasteiger charge is 2.21. The van der Waals surface area contributed by atoms with Gasteiger partial charge in [-0.05, 0) is 104 Å². The standard InChI is InChI=1S/C48H31NO/c1-2-12-35-28-37(25-22-32(35)10-1)39-27-24-33-23-26-38(29-40(33)30-39)36-14-7-15-41(31-36)49(44-18-8-13-34-11-3-4-16-42(34)44)45-19-9-21-47-48(45)43-17-5-6-20-46(43)50-47/h1-31H. The molecule has 0 spiro atoms. The zero-order valence-electron chi connectivity index (χ0n) is 27.3. The van der Waals surface area contributed by atoms with Crippen molar-refractivity contribution in [2.24, 2.45) is 0 Å². The summed E-state index contributed by atoms with van der Waals surface area (Å²) in [6.45, 7) is 0. The van der Waals surface area contributed by atoms with Crippen LogP contribution in [0.25, 0.3) is 76.5 Å². The minimum absolute atomic E-state index is 0.877. The lowest BCUT2D eigenvalue weighted by atomic mass is 9.96. The Morgan fingerprint density at radius 1 is 0.320 bits per heavy atom. The molecule has 0 saturated carbocycles. The van der Waals surface area contributed by atoms with E-state index < -0.39 is 0 Å². The normalized spacial score (nSPS) is 11.6. The van der Waals surface area contributed by atoms with Crippen molar-refractivity contribution in [3.05, 3.63) is 188 Å². The molecule has 0 atom stereocenters. The van der Waals surface area contributed by atoms with Crippen molar-refractivity contribution >= 4 is 71.3 Å².